The molecule has 0 aliphatic heterocycles. The van der Waals surface area contributed by atoms with Crippen LogP contribution < -0.4 is 0 Å². The van der Waals surface area contributed by atoms with Gasteiger partial charge < -0.3 is 0 Å². The van der Waals surface area contributed by atoms with Gasteiger partial charge in [-0.15, -0.1) is 0 Å². The lowest BCUT2D eigenvalue weighted by Crippen LogP contribution is -1.80. The van der Waals surface area contributed by atoms with E-state index in [2.05, 4.69) is 27.1 Å². The molecule has 3 heteroatoms. The van der Waals surface area contributed by atoms with Gasteiger partial charge in [-0.25, -0.2) is 0 Å². The predicted molar refractivity (Wildman–Crippen MR) is 81.2 cm³/mol. The van der Waals surface area contributed by atoms with Crippen molar-refractivity contribution in [2.24, 2.45) is 4.99 Å². The molecule has 3 nitrogen and oxygen atoms in total. The molecular weight excluding hydrogens is 246 g/mol. The van der Waals surface area contributed by atoms with E-state index in [0.29, 0.717) is 0 Å². The molecule has 3 rings (SSSR count). The minimum Gasteiger partial charge on any atom is -0.265 e. The highest BCUT2D eigenvalue weighted by molar-refractivity contribution is 5.81. The third-order valence-corrected chi connectivity index (χ3v) is 2.95. The van der Waals surface area contributed by atoms with E-state index in [1.165, 1.54) is 0 Å². The molecule has 0 aliphatic carbocycles. The fourth-order valence-electron chi connectivity index (χ4n) is 1.88. The summed E-state index contributed by atoms with van der Waals surface area (Å²) in [4.78, 5) is 12.4. The number of rotatable bonds is 3. The second kappa shape index (κ2) is 5.89. The van der Waals surface area contributed by atoms with Gasteiger partial charge in [-0.2, -0.15) is 0 Å². The number of aromatic nitrogens is 2. The largest absolute Gasteiger partial charge is 0.265 e. The van der Waals surface area contributed by atoms with Crippen LogP contribution in [0, 0.1) is 0 Å². The number of aliphatic imine (C=N–C) groups is 1. The van der Waals surface area contributed by atoms with Gasteiger partial charge in [-0.05, 0) is 53.1 Å². The van der Waals surface area contributed by atoms with Gasteiger partial charge in [0.15, 0.2) is 0 Å². The van der Waals surface area contributed by atoms with Crippen LogP contribution in [0.3, 0.4) is 0 Å². The van der Waals surface area contributed by atoms with Crippen LogP contribution in [0.5, 0.6) is 0 Å². The van der Waals surface area contributed by atoms with Crippen LogP contribution in [0.15, 0.2) is 78.3 Å². The second-order valence-corrected chi connectivity index (χ2v) is 4.32. The third-order valence-electron chi connectivity index (χ3n) is 2.95. The van der Waals surface area contributed by atoms with Gasteiger partial charge in [0.05, 0.1) is 5.69 Å². The van der Waals surface area contributed by atoms with Crippen LogP contribution in [0.25, 0.3) is 11.1 Å². The standard InChI is InChI=1S/C17H13N3/c1-3-17(20-13-14-5-9-18-10-6-14)4-2-15(1)16-7-11-19-12-8-16/h1-13H/b20-13+. The second-order valence-electron chi connectivity index (χ2n) is 4.32. The highest BCUT2D eigenvalue weighted by Crippen LogP contribution is 2.21. The lowest BCUT2D eigenvalue weighted by Gasteiger charge is -2.01. The molecule has 1 aromatic carbocycles. The van der Waals surface area contributed by atoms with Crippen LogP contribution in [0.4, 0.5) is 5.69 Å². The first-order valence-electron chi connectivity index (χ1n) is 6.36. The smallest absolute Gasteiger partial charge is 0.0630 e. The zero-order chi connectivity index (χ0) is 13.6. The average Bonchev–Trinajstić information content (AvgIpc) is 2.55. The SMILES string of the molecule is C(=N\c1ccc(-c2ccncc2)cc1)/c1ccncc1. The monoisotopic (exact) mass is 259 g/mol. The minimum absolute atomic E-state index is 0.930. The molecule has 96 valence electrons. The fourth-order valence-corrected chi connectivity index (χ4v) is 1.88. The van der Waals surface area contributed by atoms with Gasteiger partial charge in [-0.1, -0.05) is 12.1 Å². The average molecular weight is 259 g/mol. The molecule has 0 amide bonds. The number of hydrogen-bond donors (Lipinski definition) is 0. The summed E-state index contributed by atoms with van der Waals surface area (Å²) in [5.41, 5.74) is 4.29. The van der Waals surface area contributed by atoms with E-state index in [4.69, 9.17) is 0 Å². The molecule has 0 saturated carbocycles. The minimum atomic E-state index is 0.930. The molecule has 3 aromatic rings. The summed E-state index contributed by atoms with van der Waals surface area (Å²) in [5.74, 6) is 0. The van der Waals surface area contributed by atoms with Crippen molar-refractivity contribution < 1.29 is 0 Å². The van der Waals surface area contributed by atoms with Crippen molar-refractivity contribution in [1.82, 2.24) is 9.97 Å². The third kappa shape index (κ3) is 2.95. The summed E-state index contributed by atoms with van der Waals surface area (Å²) < 4.78 is 0. The van der Waals surface area contributed by atoms with Crippen LogP contribution >= 0.6 is 0 Å². The normalized spacial score (nSPS) is 10.8. The molecule has 0 spiro atoms. The van der Waals surface area contributed by atoms with Gasteiger partial charge in [-0.3, -0.25) is 15.0 Å². The van der Waals surface area contributed by atoms with Gasteiger partial charge in [0.25, 0.3) is 0 Å². The van der Waals surface area contributed by atoms with E-state index < -0.39 is 0 Å². The van der Waals surface area contributed by atoms with Crippen LogP contribution in [-0.4, -0.2) is 16.2 Å². The van der Waals surface area contributed by atoms with Crippen molar-refractivity contribution in [3.8, 4) is 11.1 Å². The van der Waals surface area contributed by atoms with Crippen LogP contribution in [-0.2, 0) is 0 Å². The Bertz CT molecular complexity index is 689. The molecule has 0 radical (unpaired) electrons. The first-order valence-corrected chi connectivity index (χ1v) is 6.36. The summed E-state index contributed by atoms with van der Waals surface area (Å²) >= 11 is 0. The van der Waals surface area contributed by atoms with Gasteiger partial charge in [0, 0.05) is 31.0 Å². The molecule has 0 fully saturated rings. The van der Waals surface area contributed by atoms with Crippen molar-refractivity contribution >= 4 is 11.9 Å². The molecule has 0 bridgehead atoms. The number of nitrogens with zero attached hydrogens (tertiary/aromatic N) is 3. The number of pyridine rings is 2. The van der Waals surface area contributed by atoms with Gasteiger partial charge >= 0.3 is 0 Å². The first kappa shape index (κ1) is 12.2. The van der Waals surface area contributed by atoms with Crippen molar-refractivity contribution in [2.75, 3.05) is 0 Å². The molecule has 0 unspecified atom stereocenters. The topological polar surface area (TPSA) is 38.1 Å². The summed E-state index contributed by atoms with van der Waals surface area (Å²) in [6.45, 7) is 0. The molecule has 0 saturated heterocycles. The van der Waals surface area contributed by atoms with Crippen molar-refractivity contribution in [3.63, 3.8) is 0 Å². The van der Waals surface area contributed by atoms with E-state index in [1.54, 1.807) is 24.8 Å². The van der Waals surface area contributed by atoms with Crippen molar-refractivity contribution in [2.45, 2.75) is 0 Å². The molecule has 0 atom stereocenters. The molecular formula is C17H13N3. The molecule has 2 aromatic heterocycles. The maximum Gasteiger partial charge on any atom is 0.0630 e. The molecule has 0 aliphatic rings. The van der Waals surface area contributed by atoms with E-state index in [0.717, 1.165) is 22.4 Å². The predicted octanol–water partition coefficient (Wildman–Crippen LogP) is 3.89. The Morgan fingerprint density at radius 2 is 1.20 bits per heavy atom. The van der Waals surface area contributed by atoms with E-state index in [-0.39, 0.29) is 0 Å². The van der Waals surface area contributed by atoms with Gasteiger partial charge in [0.2, 0.25) is 0 Å². The molecule has 20 heavy (non-hydrogen) atoms. The maximum absolute atomic E-state index is 4.45. The summed E-state index contributed by atoms with van der Waals surface area (Å²) in [6, 6.07) is 16.0. The highest BCUT2D eigenvalue weighted by Gasteiger charge is 1.96. The lowest BCUT2D eigenvalue weighted by molar-refractivity contribution is 1.32. The van der Waals surface area contributed by atoms with Gasteiger partial charge in [0.1, 0.15) is 0 Å². The van der Waals surface area contributed by atoms with Crippen LogP contribution in [0.2, 0.25) is 0 Å². The Hall–Kier alpha value is -2.81. The number of benzene rings is 1. The van der Waals surface area contributed by atoms with Crippen molar-refractivity contribution in [1.29, 1.82) is 0 Å². The Kier molecular flexibility index (Phi) is 3.60. The van der Waals surface area contributed by atoms with E-state index >= 15 is 0 Å². The Labute approximate surface area is 117 Å². The zero-order valence-corrected chi connectivity index (χ0v) is 10.8. The fraction of sp³-hybridized carbons (Fsp3) is 0. The summed E-state index contributed by atoms with van der Waals surface area (Å²) in [5, 5.41) is 0. The summed E-state index contributed by atoms with van der Waals surface area (Å²) in [7, 11) is 0. The Morgan fingerprint density at radius 1 is 0.650 bits per heavy atom. The zero-order valence-electron chi connectivity index (χ0n) is 10.8. The summed E-state index contributed by atoms with van der Waals surface area (Å²) in [6.07, 6.45) is 8.95. The maximum atomic E-state index is 4.45. The Balaban J connectivity index is 1.79. The lowest BCUT2D eigenvalue weighted by atomic mass is 10.1. The number of hydrogen-bond acceptors (Lipinski definition) is 3. The highest BCUT2D eigenvalue weighted by atomic mass is 14.7. The first-order chi connectivity index (χ1) is 9.92. The van der Waals surface area contributed by atoms with Crippen LogP contribution in [0.1, 0.15) is 5.56 Å². The Morgan fingerprint density at radius 3 is 1.85 bits per heavy atom. The quantitative estimate of drug-likeness (QED) is 0.669. The molecule has 2 heterocycles. The van der Waals surface area contributed by atoms with Crippen molar-refractivity contribution in [3.05, 3.63) is 78.9 Å². The van der Waals surface area contributed by atoms with E-state index in [9.17, 15) is 0 Å². The van der Waals surface area contributed by atoms with E-state index in [1.807, 2.05) is 42.6 Å². The molecule has 0 N–H and O–H groups in total.